The number of oxime groups is 1. The Hall–Kier alpha value is -2.25. The Labute approximate surface area is 79.0 Å². The molecule has 0 aliphatic heterocycles. The first-order chi connectivity index (χ1) is 6.58. The molecule has 0 spiro atoms. The third-order valence-electron chi connectivity index (χ3n) is 1.04. The van der Waals surface area contributed by atoms with E-state index < -0.39 is 5.97 Å². The zero-order chi connectivity index (χ0) is 10.6. The lowest BCUT2D eigenvalue weighted by Crippen LogP contribution is -2.06. The summed E-state index contributed by atoms with van der Waals surface area (Å²) in [4.78, 5) is 25.5. The van der Waals surface area contributed by atoms with E-state index in [1.54, 1.807) is 0 Å². The molecule has 1 aromatic rings. The first-order valence-electron chi connectivity index (χ1n) is 3.56. The van der Waals surface area contributed by atoms with Gasteiger partial charge >= 0.3 is 5.97 Å². The molecule has 1 aromatic heterocycles. The summed E-state index contributed by atoms with van der Waals surface area (Å²) in [5, 5.41) is 3.28. The molecule has 0 bridgehead atoms. The fourth-order valence-electron chi connectivity index (χ4n) is 0.633. The maximum absolute atomic E-state index is 10.3. The summed E-state index contributed by atoms with van der Waals surface area (Å²) in [6, 6.07) is 0. The minimum absolute atomic E-state index is 0.0261. The molecule has 0 aromatic carbocycles. The molecule has 0 atom stereocenters. The van der Waals surface area contributed by atoms with Gasteiger partial charge < -0.3 is 16.3 Å². The molecule has 0 aliphatic rings. The van der Waals surface area contributed by atoms with Crippen molar-refractivity contribution in [3.63, 3.8) is 0 Å². The standard InChI is InChI=1S/C6H8N6O2/c1-3(13)14-9-2-4-10-5(7)12-6(8)11-4/h2H,1H3,(H4,7,8,10,11,12)/b9-2+. The molecule has 8 nitrogen and oxygen atoms in total. The predicted molar refractivity (Wildman–Crippen MR) is 48.0 cm³/mol. The highest BCUT2D eigenvalue weighted by Crippen LogP contribution is 1.95. The van der Waals surface area contributed by atoms with E-state index >= 15 is 0 Å². The average Bonchev–Trinajstić information content (AvgIpc) is 2.01. The van der Waals surface area contributed by atoms with Crippen LogP contribution < -0.4 is 11.5 Å². The van der Waals surface area contributed by atoms with Crippen molar-refractivity contribution in [3.05, 3.63) is 5.82 Å². The lowest BCUT2D eigenvalue weighted by molar-refractivity contribution is -0.140. The number of aromatic nitrogens is 3. The molecule has 14 heavy (non-hydrogen) atoms. The molecular formula is C6H8N6O2. The van der Waals surface area contributed by atoms with Gasteiger partial charge in [-0.3, -0.25) is 0 Å². The van der Waals surface area contributed by atoms with Crippen molar-refractivity contribution in [2.75, 3.05) is 11.5 Å². The summed E-state index contributed by atoms with van der Waals surface area (Å²) >= 11 is 0. The van der Waals surface area contributed by atoms with Gasteiger partial charge in [-0.1, -0.05) is 5.16 Å². The summed E-state index contributed by atoms with van der Waals surface area (Å²) in [5.74, 6) is -0.476. The van der Waals surface area contributed by atoms with Crippen LogP contribution in [-0.2, 0) is 9.63 Å². The molecule has 0 saturated carbocycles. The van der Waals surface area contributed by atoms with Crippen LogP contribution in [0.3, 0.4) is 0 Å². The number of nitrogen functional groups attached to an aromatic ring is 2. The van der Waals surface area contributed by atoms with E-state index in [0.717, 1.165) is 6.21 Å². The van der Waals surface area contributed by atoms with E-state index in [0.29, 0.717) is 0 Å². The van der Waals surface area contributed by atoms with Crippen molar-refractivity contribution in [2.24, 2.45) is 5.16 Å². The Balaban J connectivity index is 2.76. The van der Waals surface area contributed by atoms with Crippen LogP contribution in [0.4, 0.5) is 11.9 Å². The second-order valence-electron chi connectivity index (χ2n) is 2.23. The van der Waals surface area contributed by atoms with Gasteiger partial charge in [-0.05, 0) is 0 Å². The number of nitrogens with two attached hydrogens (primary N) is 2. The first-order valence-corrected chi connectivity index (χ1v) is 3.56. The quantitative estimate of drug-likeness (QED) is 0.350. The monoisotopic (exact) mass is 196 g/mol. The minimum atomic E-state index is -0.545. The van der Waals surface area contributed by atoms with Crippen LogP contribution in [0.25, 0.3) is 0 Å². The van der Waals surface area contributed by atoms with Gasteiger partial charge in [0, 0.05) is 6.92 Å². The first kappa shape index (κ1) is 9.84. The lowest BCUT2D eigenvalue weighted by atomic mass is 10.6. The number of carbonyl (C=O) groups excluding carboxylic acids is 1. The summed E-state index contributed by atoms with van der Waals surface area (Å²) in [6.07, 6.45) is 1.11. The normalized spacial score (nSPS) is 10.4. The predicted octanol–water partition coefficient (Wildman–Crippen LogP) is -1.07. The Bertz CT molecular complexity index is 356. The molecule has 0 saturated heterocycles. The Morgan fingerprint density at radius 3 is 2.43 bits per heavy atom. The fraction of sp³-hybridized carbons (Fsp3) is 0.167. The van der Waals surface area contributed by atoms with Crippen molar-refractivity contribution in [1.29, 1.82) is 0 Å². The molecule has 8 heteroatoms. The topological polar surface area (TPSA) is 129 Å². The van der Waals surface area contributed by atoms with Gasteiger partial charge in [0.05, 0.1) is 0 Å². The van der Waals surface area contributed by atoms with Crippen molar-refractivity contribution >= 4 is 24.1 Å². The highest BCUT2D eigenvalue weighted by molar-refractivity contribution is 5.75. The number of rotatable bonds is 2. The smallest absolute Gasteiger partial charge is 0.331 e. The van der Waals surface area contributed by atoms with Gasteiger partial charge in [-0.25, -0.2) is 4.79 Å². The zero-order valence-corrected chi connectivity index (χ0v) is 7.34. The van der Waals surface area contributed by atoms with Crippen LogP contribution in [0, 0.1) is 0 Å². The Kier molecular flexibility index (Phi) is 2.89. The van der Waals surface area contributed by atoms with Crippen LogP contribution in [0.5, 0.6) is 0 Å². The van der Waals surface area contributed by atoms with Gasteiger partial charge in [0.15, 0.2) is 5.82 Å². The fourth-order valence-corrected chi connectivity index (χ4v) is 0.633. The molecule has 1 rings (SSSR count). The van der Waals surface area contributed by atoms with Crippen molar-refractivity contribution < 1.29 is 9.63 Å². The average molecular weight is 196 g/mol. The van der Waals surface area contributed by atoms with Crippen molar-refractivity contribution in [2.45, 2.75) is 6.92 Å². The molecule has 0 fully saturated rings. The van der Waals surface area contributed by atoms with Crippen molar-refractivity contribution in [3.8, 4) is 0 Å². The minimum Gasteiger partial charge on any atom is -0.368 e. The maximum Gasteiger partial charge on any atom is 0.331 e. The highest BCUT2D eigenvalue weighted by atomic mass is 16.7. The Morgan fingerprint density at radius 1 is 1.36 bits per heavy atom. The van der Waals surface area contributed by atoms with E-state index in [2.05, 4.69) is 24.9 Å². The SMILES string of the molecule is CC(=O)O/N=C/c1nc(N)nc(N)n1. The molecule has 0 radical (unpaired) electrons. The second-order valence-corrected chi connectivity index (χ2v) is 2.23. The van der Waals surface area contributed by atoms with Crippen LogP contribution in [0.15, 0.2) is 5.16 Å². The van der Waals surface area contributed by atoms with Crippen molar-refractivity contribution in [1.82, 2.24) is 15.0 Å². The van der Waals surface area contributed by atoms with E-state index in [4.69, 9.17) is 11.5 Å². The number of anilines is 2. The third-order valence-corrected chi connectivity index (χ3v) is 1.04. The lowest BCUT2D eigenvalue weighted by Gasteiger charge is -1.95. The summed E-state index contributed by atoms with van der Waals surface area (Å²) < 4.78 is 0. The van der Waals surface area contributed by atoms with Gasteiger partial charge in [0.2, 0.25) is 11.9 Å². The van der Waals surface area contributed by atoms with Gasteiger partial charge in [-0.2, -0.15) is 15.0 Å². The summed E-state index contributed by atoms with van der Waals surface area (Å²) in [6.45, 7) is 1.22. The van der Waals surface area contributed by atoms with E-state index in [-0.39, 0.29) is 17.7 Å². The zero-order valence-electron chi connectivity index (χ0n) is 7.34. The maximum atomic E-state index is 10.3. The molecular weight excluding hydrogens is 188 g/mol. The molecule has 4 N–H and O–H groups in total. The number of carbonyl (C=O) groups is 1. The molecule has 74 valence electrons. The third kappa shape index (κ3) is 3.01. The summed E-state index contributed by atoms with van der Waals surface area (Å²) in [5.41, 5.74) is 10.6. The molecule has 0 amide bonds. The Morgan fingerprint density at radius 2 is 1.93 bits per heavy atom. The highest BCUT2D eigenvalue weighted by Gasteiger charge is 1.98. The summed E-state index contributed by atoms with van der Waals surface area (Å²) in [7, 11) is 0. The van der Waals surface area contributed by atoms with Crippen LogP contribution in [-0.4, -0.2) is 27.1 Å². The number of hydrogen-bond acceptors (Lipinski definition) is 8. The van der Waals surface area contributed by atoms with Gasteiger partial charge in [0.25, 0.3) is 0 Å². The van der Waals surface area contributed by atoms with E-state index in [1.165, 1.54) is 6.92 Å². The van der Waals surface area contributed by atoms with Gasteiger partial charge in [0.1, 0.15) is 6.21 Å². The van der Waals surface area contributed by atoms with Crippen LogP contribution in [0.2, 0.25) is 0 Å². The van der Waals surface area contributed by atoms with Gasteiger partial charge in [-0.15, -0.1) is 0 Å². The molecule has 0 aliphatic carbocycles. The number of hydrogen-bond donors (Lipinski definition) is 2. The number of nitrogens with zero attached hydrogens (tertiary/aromatic N) is 4. The molecule has 0 unspecified atom stereocenters. The molecule has 1 heterocycles. The van der Waals surface area contributed by atoms with E-state index in [1.807, 2.05) is 0 Å². The van der Waals surface area contributed by atoms with Crippen LogP contribution in [0.1, 0.15) is 12.7 Å². The largest absolute Gasteiger partial charge is 0.368 e. The second kappa shape index (κ2) is 4.12. The van der Waals surface area contributed by atoms with E-state index in [9.17, 15) is 4.79 Å². The van der Waals surface area contributed by atoms with Crippen LogP contribution >= 0.6 is 0 Å².